The Hall–Kier alpha value is -2.80. The third-order valence-electron chi connectivity index (χ3n) is 8.39. The molecule has 1 N–H and O–H groups in total. The molecule has 2 aliphatic rings. The van der Waals surface area contributed by atoms with Crippen molar-refractivity contribution >= 4 is 16.6 Å². The average Bonchev–Trinajstić information content (AvgIpc) is 3.44. The van der Waals surface area contributed by atoms with Crippen LogP contribution in [-0.4, -0.2) is 49.5 Å². The number of rotatable bonds is 4. The topological polar surface area (TPSA) is 49.2 Å². The fourth-order valence-corrected chi connectivity index (χ4v) is 6.33. The predicted molar refractivity (Wildman–Crippen MR) is 135 cm³/mol. The van der Waals surface area contributed by atoms with E-state index in [9.17, 15) is 8.78 Å². The second-order valence-electron chi connectivity index (χ2n) is 11.0. The number of aryl methyl sites for hydroxylation is 1. The fraction of sp³-hybridized carbons (Fsp3) is 0.500. The van der Waals surface area contributed by atoms with Crippen LogP contribution in [0, 0.1) is 13.8 Å². The van der Waals surface area contributed by atoms with Gasteiger partial charge in [0.2, 0.25) is 0 Å². The third kappa shape index (κ3) is 3.75. The first-order valence-electron chi connectivity index (χ1n) is 12.8. The Labute approximate surface area is 204 Å². The van der Waals surface area contributed by atoms with Gasteiger partial charge in [-0.2, -0.15) is 5.10 Å². The van der Waals surface area contributed by atoms with E-state index in [-0.39, 0.29) is 13.1 Å². The van der Waals surface area contributed by atoms with Gasteiger partial charge in [0.05, 0.1) is 18.8 Å². The highest BCUT2D eigenvalue weighted by atomic mass is 19.3. The summed E-state index contributed by atoms with van der Waals surface area (Å²) < 4.78 is 28.5. The Morgan fingerprint density at radius 2 is 1.80 bits per heavy atom. The minimum absolute atomic E-state index is 0.0581. The zero-order valence-corrected chi connectivity index (χ0v) is 20.9. The van der Waals surface area contributed by atoms with Crippen molar-refractivity contribution in [1.29, 1.82) is 0 Å². The van der Waals surface area contributed by atoms with Crippen LogP contribution in [0.2, 0.25) is 0 Å². The van der Waals surface area contributed by atoms with Gasteiger partial charge in [-0.3, -0.25) is 4.90 Å². The highest BCUT2D eigenvalue weighted by molar-refractivity contribution is 5.92. The number of likely N-dealkylation sites (tertiary alicyclic amines) is 1. The number of hydrogen-bond acceptors (Lipinski definition) is 3. The number of nitrogens with zero attached hydrogens (tertiary/aromatic N) is 4. The Morgan fingerprint density at radius 3 is 2.49 bits per heavy atom. The van der Waals surface area contributed by atoms with Gasteiger partial charge in [0.1, 0.15) is 6.33 Å². The van der Waals surface area contributed by atoms with Gasteiger partial charge >= 0.3 is 0 Å². The number of fused-ring (bicyclic) bond motifs is 2. The van der Waals surface area contributed by atoms with E-state index >= 15 is 0 Å². The van der Waals surface area contributed by atoms with Crippen molar-refractivity contribution in [3.05, 3.63) is 53.0 Å². The SMILES string of the molecule is Cc1c(-c2[nH]c3ccc(C4CCC(N5CC(F)(F)C5)CC4)cc3c2C(C)C)cn2ncnc2c1C. The van der Waals surface area contributed by atoms with Gasteiger partial charge in [-0.25, -0.2) is 18.3 Å². The van der Waals surface area contributed by atoms with Crippen LogP contribution in [0.25, 0.3) is 27.8 Å². The maximum atomic E-state index is 13.3. The number of benzene rings is 1. The molecule has 3 aromatic heterocycles. The second-order valence-corrected chi connectivity index (χ2v) is 11.0. The van der Waals surface area contributed by atoms with Crippen LogP contribution < -0.4 is 0 Å². The molecule has 1 saturated heterocycles. The number of H-pyrrole nitrogens is 1. The lowest BCUT2D eigenvalue weighted by Crippen LogP contribution is -2.60. The quantitative estimate of drug-likeness (QED) is 0.360. The van der Waals surface area contributed by atoms with Crippen LogP contribution in [0.4, 0.5) is 8.78 Å². The van der Waals surface area contributed by atoms with Crippen molar-refractivity contribution in [1.82, 2.24) is 24.5 Å². The molecule has 6 rings (SSSR count). The van der Waals surface area contributed by atoms with E-state index in [1.165, 1.54) is 22.1 Å². The van der Waals surface area contributed by atoms with E-state index in [1.807, 2.05) is 9.42 Å². The first-order chi connectivity index (χ1) is 16.7. The summed E-state index contributed by atoms with van der Waals surface area (Å²) in [5, 5.41) is 5.68. The number of aromatic amines is 1. The number of hydrogen-bond donors (Lipinski definition) is 1. The lowest BCUT2D eigenvalue weighted by Gasteiger charge is -2.46. The molecule has 0 radical (unpaired) electrons. The molecular weight excluding hydrogens is 444 g/mol. The van der Waals surface area contributed by atoms with Crippen LogP contribution in [0.1, 0.15) is 73.6 Å². The first kappa shape index (κ1) is 22.7. The molecule has 1 aliphatic carbocycles. The van der Waals surface area contributed by atoms with Crippen LogP contribution >= 0.6 is 0 Å². The number of halogens is 2. The summed E-state index contributed by atoms with van der Waals surface area (Å²) in [6, 6.07) is 7.17. The normalized spacial score (nSPS) is 22.8. The molecule has 7 heteroatoms. The lowest BCUT2D eigenvalue weighted by molar-refractivity contribution is -0.150. The summed E-state index contributed by atoms with van der Waals surface area (Å²) in [6.07, 6.45) is 7.83. The van der Waals surface area contributed by atoms with Crippen molar-refractivity contribution in [3.8, 4) is 11.3 Å². The van der Waals surface area contributed by atoms with Gasteiger partial charge in [0.15, 0.2) is 5.65 Å². The average molecular weight is 478 g/mol. The van der Waals surface area contributed by atoms with Gasteiger partial charge in [-0.1, -0.05) is 19.9 Å². The fourth-order valence-electron chi connectivity index (χ4n) is 6.33. The molecule has 0 atom stereocenters. The van der Waals surface area contributed by atoms with E-state index in [4.69, 9.17) is 0 Å². The number of aromatic nitrogens is 4. The van der Waals surface area contributed by atoms with Crippen LogP contribution in [0.3, 0.4) is 0 Å². The molecular formula is C28H33F2N5. The van der Waals surface area contributed by atoms with Crippen LogP contribution in [0.15, 0.2) is 30.7 Å². The third-order valence-corrected chi connectivity index (χ3v) is 8.39. The largest absolute Gasteiger partial charge is 0.354 e. The summed E-state index contributed by atoms with van der Waals surface area (Å²) in [5.41, 5.74) is 9.44. The molecule has 35 heavy (non-hydrogen) atoms. The molecule has 4 aromatic rings. The van der Waals surface area contributed by atoms with Crippen molar-refractivity contribution in [3.63, 3.8) is 0 Å². The Kier molecular flexibility index (Phi) is 5.25. The molecule has 0 spiro atoms. The number of alkyl halides is 2. The first-order valence-corrected chi connectivity index (χ1v) is 12.8. The van der Waals surface area contributed by atoms with Crippen molar-refractivity contribution in [2.45, 2.75) is 77.2 Å². The highest BCUT2D eigenvalue weighted by Crippen LogP contribution is 2.42. The summed E-state index contributed by atoms with van der Waals surface area (Å²) >= 11 is 0. The Morgan fingerprint density at radius 1 is 1.06 bits per heavy atom. The van der Waals surface area contributed by atoms with Gasteiger partial charge in [-0.05, 0) is 85.8 Å². The van der Waals surface area contributed by atoms with Gasteiger partial charge in [-0.15, -0.1) is 0 Å². The number of pyridine rings is 1. The molecule has 184 valence electrons. The lowest BCUT2D eigenvalue weighted by atomic mass is 9.80. The molecule has 1 aromatic carbocycles. The van der Waals surface area contributed by atoms with Crippen molar-refractivity contribution in [2.75, 3.05) is 13.1 Å². The maximum Gasteiger partial charge on any atom is 0.272 e. The Bertz CT molecular complexity index is 1400. The second kappa shape index (κ2) is 8.12. The maximum absolute atomic E-state index is 13.3. The summed E-state index contributed by atoms with van der Waals surface area (Å²) in [4.78, 5) is 10.1. The Balaban J connectivity index is 1.33. The summed E-state index contributed by atoms with van der Waals surface area (Å²) in [5.74, 6) is -1.63. The van der Waals surface area contributed by atoms with E-state index in [0.29, 0.717) is 17.9 Å². The van der Waals surface area contributed by atoms with Crippen LogP contribution in [-0.2, 0) is 0 Å². The zero-order chi connectivity index (χ0) is 24.5. The minimum Gasteiger partial charge on any atom is -0.354 e. The minimum atomic E-state index is -2.48. The van der Waals surface area contributed by atoms with E-state index in [1.54, 1.807) is 6.33 Å². The molecule has 0 amide bonds. The van der Waals surface area contributed by atoms with Gasteiger partial charge < -0.3 is 4.98 Å². The molecule has 5 nitrogen and oxygen atoms in total. The molecule has 0 bridgehead atoms. The number of nitrogens with one attached hydrogen (secondary N) is 1. The monoisotopic (exact) mass is 477 g/mol. The molecule has 1 saturated carbocycles. The standard InChI is InChI=1S/C28H33F2N5/c1-16(2)25-22-11-20(19-5-8-21(9-6-19)34-13-28(29,30)14-34)7-10-24(22)33-26(25)23-12-35-27(31-15-32-35)18(4)17(23)3/h7,10-12,15-16,19,21,33H,5-6,8-9,13-14H2,1-4H3. The van der Waals surface area contributed by atoms with Crippen LogP contribution in [0.5, 0.6) is 0 Å². The molecule has 4 heterocycles. The van der Waals surface area contributed by atoms with Crippen molar-refractivity contribution in [2.24, 2.45) is 0 Å². The summed E-state index contributed by atoms with van der Waals surface area (Å²) in [7, 11) is 0. The zero-order valence-electron chi connectivity index (χ0n) is 20.9. The molecule has 1 aliphatic heterocycles. The predicted octanol–water partition coefficient (Wildman–Crippen LogP) is 6.59. The van der Waals surface area contributed by atoms with Crippen molar-refractivity contribution < 1.29 is 8.78 Å². The summed E-state index contributed by atoms with van der Waals surface area (Å²) in [6.45, 7) is 8.66. The van der Waals surface area contributed by atoms with Gasteiger partial charge in [0, 0.05) is 28.7 Å². The highest BCUT2D eigenvalue weighted by Gasteiger charge is 2.47. The smallest absolute Gasteiger partial charge is 0.272 e. The van der Waals surface area contributed by atoms with E-state index < -0.39 is 5.92 Å². The molecule has 0 unspecified atom stereocenters. The van der Waals surface area contributed by atoms with E-state index in [0.717, 1.165) is 53.7 Å². The van der Waals surface area contributed by atoms with E-state index in [2.05, 4.69) is 67.2 Å². The molecule has 2 fully saturated rings. The van der Waals surface area contributed by atoms with Gasteiger partial charge in [0.25, 0.3) is 5.92 Å².